The quantitative estimate of drug-likeness (QED) is 0.730. The highest BCUT2D eigenvalue weighted by atomic mass is 19.1. The Balaban J connectivity index is 2.90. The molecule has 0 aliphatic rings. The summed E-state index contributed by atoms with van der Waals surface area (Å²) in [5.74, 6) is -1.47. The first kappa shape index (κ1) is 8.74. The molecule has 0 aliphatic heterocycles. The van der Waals surface area contributed by atoms with E-state index in [1.807, 2.05) is 0 Å². The number of nitrogens with one attached hydrogen (secondary N) is 1. The van der Waals surface area contributed by atoms with Gasteiger partial charge in [-0.2, -0.15) is 0 Å². The minimum atomic E-state index is -1.04. The molecule has 1 aromatic heterocycles. The van der Waals surface area contributed by atoms with E-state index in [1.54, 1.807) is 13.0 Å². The van der Waals surface area contributed by atoms with Crippen LogP contribution >= 0.6 is 0 Å². The molecule has 0 amide bonds. The number of aryl methyl sites for hydroxylation is 1. The van der Waals surface area contributed by atoms with Crippen molar-refractivity contribution in [3.8, 4) is 0 Å². The highest BCUT2D eigenvalue weighted by Crippen LogP contribution is 2.23. The molecule has 0 spiro atoms. The van der Waals surface area contributed by atoms with E-state index in [2.05, 4.69) is 4.98 Å². The van der Waals surface area contributed by atoms with E-state index in [1.165, 1.54) is 12.1 Å². The fraction of sp³-hybridized carbons (Fsp3) is 0.100. The number of H-pyrrole nitrogens is 1. The zero-order valence-electron chi connectivity index (χ0n) is 7.47. The number of rotatable bonds is 1. The van der Waals surface area contributed by atoms with Gasteiger partial charge in [-0.25, -0.2) is 9.18 Å². The third-order valence-corrected chi connectivity index (χ3v) is 2.18. The Hall–Kier alpha value is -1.84. The fourth-order valence-corrected chi connectivity index (χ4v) is 1.59. The molecule has 1 aromatic carbocycles. The first-order valence-electron chi connectivity index (χ1n) is 4.11. The molecule has 0 radical (unpaired) electrons. The minimum absolute atomic E-state index is 0.138. The summed E-state index contributed by atoms with van der Waals surface area (Å²) in [5, 5.41) is 9.31. The van der Waals surface area contributed by atoms with Gasteiger partial charge in [-0.3, -0.25) is 0 Å². The van der Waals surface area contributed by atoms with Crippen LogP contribution in [0.15, 0.2) is 18.2 Å². The van der Waals surface area contributed by atoms with E-state index in [9.17, 15) is 9.18 Å². The molecule has 0 fully saturated rings. The molecule has 14 heavy (non-hydrogen) atoms. The predicted octanol–water partition coefficient (Wildman–Crippen LogP) is 2.31. The van der Waals surface area contributed by atoms with Gasteiger partial charge in [0.25, 0.3) is 0 Å². The highest BCUT2D eigenvalue weighted by molar-refractivity contribution is 6.04. The highest BCUT2D eigenvalue weighted by Gasteiger charge is 2.16. The Kier molecular flexibility index (Phi) is 1.77. The van der Waals surface area contributed by atoms with Gasteiger partial charge in [0.1, 0.15) is 5.82 Å². The summed E-state index contributed by atoms with van der Waals surface area (Å²) in [5.41, 5.74) is 0.861. The second-order valence-electron chi connectivity index (χ2n) is 3.09. The van der Waals surface area contributed by atoms with Gasteiger partial charge >= 0.3 is 5.97 Å². The first-order valence-corrected chi connectivity index (χ1v) is 4.11. The van der Waals surface area contributed by atoms with E-state index < -0.39 is 11.8 Å². The zero-order valence-corrected chi connectivity index (χ0v) is 7.47. The predicted molar refractivity (Wildman–Crippen MR) is 50.0 cm³/mol. The second-order valence-corrected chi connectivity index (χ2v) is 3.09. The summed E-state index contributed by atoms with van der Waals surface area (Å²) in [6.07, 6.45) is 0. The van der Waals surface area contributed by atoms with Crippen LogP contribution in [0.25, 0.3) is 10.9 Å². The number of benzene rings is 1. The van der Waals surface area contributed by atoms with Crippen molar-refractivity contribution in [1.29, 1.82) is 0 Å². The van der Waals surface area contributed by atoms with Crippen LogP contribution in [-0.2, 0) is 0 Å². The molecular weight excluding hydrogens is 185 g/mol. The summed E-state index contributed by atoms with van der Waals surface area (Å²) in [7, 11) is 0. The van der Waals surface area contributed by atoms with Crippen molar-refractivity contribution >= 4 is 16.9 Å². The van der Waals surface area contributed by atoms with Gasteiger partial charge in [-0.05, 0) is 13.0 Å². The lowest BCUT2D eigenvalue weighted by atomic mass is 10.1. The molecule has 0 unspecified atom stereocenters. The van der Waals surface area contributed by atoms with Gasteiger partial charge < -0.3 is 10.1 Å². The Morgan fingerprint density at radius 3 is 2.86 bits per heavy atom. The summed E-state index contributed by atoms with van der Waals surface area (Å²) in [4.78, 5) is 13.6. The summed E-state index contributed by atoms with van der Waals surface area (Å²) < 4.78 is 13.2. The lowest BCUT2D eigenvalue weighted by Gasteiger charge is -1.93. The normalized spacial score (nSPS) is 10.7. The van der Waals surface area contributed by atoms with Gasteiger partial charge in [0, 0.05) is 11.1 Å². The fourth-order valence-electron chi connectivity index (χ4n) is 1.59. The molecular formula is C10H8FNO2. The maximum Gasteiger partial charge on any atom is 0.338 e. The third kappa shape index (κ3) is 1.08. The van der Waals surface area contributed by atoms with Gasteiger partial charge in [0.2, 0.25) is 0 Å². The van der Waals surface area contributed by atoms with Crippen LogP contribution in [0.3, 0.4) is 0 Å². The number of para-hydroxylation sites is 1. The van der Waals surface area contributed by atoms with Crippen LogP contribution in [0.1, 0.15) is 16.1 Å². The smallest absolute Gasteiger partial charge is 0.338 e. The molecule has 2 rings (SSSR count). The van der Waals surface area contributed by atoms with Crippen LogP contribution in [0.2, 0.25) is 0 Å². The van der Waals surface area contributed by atoms with Crippen molar-refractivity contribution < 1.29 is 14.3 Å². The first-order chi connectivity index (χ1) is 6.61. The topological polar surface area (TPSA) is 53.1 Å². The van der Waals surface area contributed by atoms with Crippen LogP contribution in [0.4, 0.5) is 4.39 Å². The minimum Gasteiger partial charge on any atom is -0.478 e. The van der Waals surface area contributed by atoms with E-state index in [0.29, 0.717) is 11.1 Å². The summed E-state index contributed by atoms with van der Waals surface area (Å²) in [6, 6.07) is 4.38. The van der Waals surface area contributed by atoms with E-state index in [0.717, 1.165) is 0 Å². The molecule has 2 N–H and O–H groups in total. The maximum absolute atomic E-state index is 13.2. The molecule has 2 aromatic rings. The number of hydrogen-bond acceptors (Lipinski definition) is 1. The lowest BCUT2D eigenvalue weighted by Crippen LogP contribution is -1.96. The van der Waals surface area contributed by atoms with Crippen molar-refractivity contribution in [1.82, 2.24) is 4.98 Å². The SMILES string of the molecule is Cc1[nH]c2c(F)cccc2c1C(=O)O. The number of carboxylic acid groups (broad SMARTS) is 1. The molecule has 0 saturated carbocycles. The molecule has 72 valence electrons. The molecule has 4 heteroatoms. The number of halogens is 1. The molecule has 3 nitrogen and oxygen atoms in total. The number of carboxylic acids is 1. The number of carbonyl (C=O) groups is 1. The van der Waals surface area contributed by atoms with Gasteiger partial charge in [0.05, 0.1) is 11.1 Å². The lowest BCUT2D eigenvalue weighted by molar-refractivity contribution is 0.0698. The average molecular weight is 193 g/mol. The van der Waals surface area contributed by atoms with Gasteiger partial charge in [-0.15, -0.1) is 0 Å². The van der Waals surface area contributed by atoms with E-state index in [-0.39, 0.29) is 11.1 Å². The molecule has 0 saturated heterocycles. The van der Waals surface area contributed by atoms with Crippen molar-refractivity contribution in [2.75, 3.05) is 0 Å². The largest absolute Gasteiger partial charge is 0.478 e. The van der Waals surface area contributed by atoms with Crippen LogP contribution in [-0.4, -0.2) is 16.1 Å². The van der Waals surface area contributed by atoms with Crippen molar-refractivity contribution in [3.05, 3.63) is 35.3 Å². The Morgan fingerprint density at radius 1 is 1.50 bits per heavy atom. The van der Waals surface area contributed by atoms with Crippen molar-refractivity contribution in [3.63, 3.8) is 0 Å². The zero-order chi connectivity index (χ0) is 10.3. The van der Waals surface area contributed by atoms with Crippen molar-refractivity contribution in [2.24, 2.45) is 0 Å². The molecule has 0 bridgehead atoms. The third-order valence-electron chi connectivity index (χ3n) is 2.18. The molecule has 1 heterocycles. The maximum atomic E-state index is 13.2. The van der Waals surface area contributed by atoms with Gasteiger partial charge in [0.15, 0.2) is 0 Å². The number of aromatic nitrogens is 1. The molecule has 0 atom stereocenters. The second kappa shape index (κ2) is 2.83. The summed E-state index contributed by atoms with van der Waals surface area (Å²) in [6.45, 7) is 1.61. The summed E-state index contributed by atoms with van der Waals surface area (Å²) >= 11 is 0. The van der Waals surface area contributed by atoms with Crippen LogP contribution in [0, 0.1) is 12.7 Å². The standard InChI is InChI=1S/C10H8FNO2/c1-5-8(10(13)14)6-3-2-4-7(11)9(6)12-5/h2-4,12H,1H3,(H,13,14). The molecule has 0 aliphatic carbocycles. The van der Waals surface area contributed by atoms with E-state index >= 15 is 0 Å². The number of fused-ring (bicyclic) bond motifs is 1. The van der Waals surface area contributed by atoms with Crippen molar-refractivity contribution in [2.45, 2.75) is 6.92 Å². The Labute approximate surface area is 79.2 Å². The Bertz CT molecular complexity index is 516. The van der Waals surface area contributed by atoms with Gasteiger partial charge in [-0.1, -0.05) is 12.1 Å². The number of aromatic carboxylic acids is 1. The average Bonchev–Trinajstić information content (AvgIpc) is 2.42. The number of aromatic amines is 1. The van der Waals surface area contributed by atoms with E-state index in [4.69, 9.17) is 5.11 Å². The van der Waals surface area contributed by atoms with Crippen LogP contribution in [0.5, 0.6) is 0 Å². The Morgan fingerprint density at radius 2 is 2.21 bits per heavy atom. The monoisotopic (exact) mass is 193 g/mol. The van der Waals surface area contributed by atoms with Crippen LogP contribution < -0.4 is 0 Å². The number of hydrogen-bond donors (Lipinski definition) is 2.